The Balaban J connectivity index is 1.72. The Morgan fingerprint density at radius 3 is 2.32 bits per heavy atom. The molecule has 2 heterocycles. The van der Waals surface area contributed by atoms with Gasteiger partial charge in [0.2, 0.25) is 0 Å². The summed E-state index contributed by atoms with van der Waals surface area (Å²) in [5, 5.41) is 0. The number of ether oxygens (including phenoxy) is 1. The molecule has 0 saturated carbocycles. The Bertz CT molecular complexity index is 796. The van der Waals surface area contributed by atoms with E-state index in [4.69, 9.17) is 4.74 Å². The average Bonchev–Trinajstić information content (AvgIpc) is 2.63. The number of sulfonamides is 1. The van der Waals surface area contributed by atoms with Crippen molar-refractivity contribution >= 4 is 21.5 Å². The third kappa shape index (κ3) is 4.29. The van der Waals surface area contributed by atoms with Crippen molar-refractivity contribution in [2.75, 3.05) is 35.9 Å². The average molecular weight is 361 g/mol. The van der Waals surface area contributed by atoms with E-state index in [0.29, 0.717) is 24.8 Å². The van der Waals surface area contributed by atoms with E-state index >= 15 is 0 Å². The number of nitrogens with one attached hydrogen (secondary N) is 1. The SMILES string of the molecule is CC(C)c1ccc(S(=O)(=O)Nc2ccc(N3CCOCC3)nc2)cc1. The molecule has 0 radical (unpaired) electrons. The molecule has 6 nitrogen and oxygen atoms in total. The fourth-order valence-electron chi connectivity index (χ4n) is 2.67. The smallest absolute Gasteiger partial charge is 0.261 e. The minimum Gasteiger partial charge on any atom is -0.378 e. The molecule has 0 bridgehead atoms. The molecule has 0 spiro atoms. The van der Waals surface area contributed by atoms with Crippen molar-refractivity contribution in [1.82, 2.24) is 4.98 Å². The van der Waals surface area contributed by atoms with Crippen LogP contribution in [0.5, 0.6) is 0 Å². The van der Waals surface area contributed by atoms with Crippen LogP contribution in [0.2, 0.25) is 0 Å². The third-order valence-electron chi connectivity index (χ3n) is 4.19. The van der Waals surface area contributed by atoms with Gasteiger partial charge in [-0.2, -0.15) is 0 Å². The molecule has 3 rings (SSSR count). The van der Waals surface area contributed by atoms with Gasteiger partial charge in [-0.05, 0) is 35.7 Å². The normalized spacial score (nSPS) is 15.4. The van der Waals surface area contributed by atoms with Crippen LogP contribution in [0.15, 0.2) is 47.5 Å². The zero-order valence-corrected chi connectivity index (χ0v) is 15.3. The minimum atomic E-state index is -3.62. The number of morpholine rings is 1. The van der Waals surface area contributed by atoms with Crippen LogP contribution in [-0.2, 0) is 14.8 Å². The molecular weight excluding hydrogens is 338 g/mol. The first-order chi connectivity index (χ1) is 12.0. The summed E-state index contributed by atoms with van der Waals surface area (Å²) >= 11 is 0. The Labute approximate surface area is 148 Å². The summed E-state index contributed by atoms with van der Waals surface area (Å²) in [6.45, 7) is 7.10. The molecule has 2 aromatic rings. The molecule has 134 valence electrons. The molecule has 0 aliphatic carbocycles. The second-order valence-electron chi connectivity index (χ2n) is 6.33. The van der Waals surface area contributed by atoms with Crippen LogP contribution in [0.1, 0.15) is 25.3 Å². The van der Waals surface area contributed by atoms with Gasteiger partial charge in [-0.15, -0.1) is 0 Å². The predicted molar refractivity (Wildman–Crippen MR) is 98.6 cm³/mol. The number of nitrogens with zero attached hydrogens (tertiary/aromatic N) is 2. The molecule has 1 fully saturated rings. The number of benzene rings is 1. The highest BCUT2D eigenvalue weighted by Gasteiger charge is 2.16. The molecule has 0 unspecified atom stereocenters. The zero-order valence-electron chi connectivity index (χ0n) is 14.5. The van der Waals surface area contributed by atoms with E-state index in [9.17, 15) is 8.42 Å². The van der Waals surface area contributed by atoms with Gasteiger partial charge in [0.25, 0.3) is 10.0 Å². The fourth-order valence-corrected chi connectivity index (χ4v) is 3.72. The van der Waals surface area contributed by atoms with Crippen LogP contribution >= 0.6 is 0 Å². The molecule has 1 N–H and O–H groups in total. The maximum Gasteiger partial charge on any atom is 0.261 e. The highest BCUT2D eigenvalue weighted by atomic mass is 32.2. The molecule has 1 saturated heterocycles. The van der Waals surface area contributed by atoms with Gasteiger partial charge in [0.15, 0.2) is 0 Å². The van der Waals surface area contributed by atoms with Crippen LogP contribution in [0, 0.1) is 0 Å². The van der Waals surface area contributed by atoms with Gasteiger partial charge in [-0.1, -0.05) is 26.0 Å². The van der Waals surface area contributed by atoms with Crippen molar-refractivity contribution < 1.29 is 13.2 Å². The Morgan fingerprint density at radius 2 is 1.76 bits per heavy atom. The van der Waals surface area contributed by atoms with E-state index in [0.717, 1.165) is 24.5 Å². The van der Waals surface area contributed by atoms with E-state index in [1.54, 1.807) is 24.4 Å². The van der Waals surface area contributed by atoms with E-state index in [1.165, 1.54) is 0 Å². The Kier molecular flexibility index (Phi) is 5.24. The lowest BCUT2D eigenvalue weighted by atomic mass is 10.0. The van der Waals surface area contributed by atoms with E-state index in [2.05, 4.69) is 28.5 Å². The maximum atomic E-state index is 12.5. The Hall–Kier alpha value is -2.12. The molecule has 7 heteroatoms. The predicted octanol–water partition coefficient (Wildman–Crippen LogP) is 2.84. The van der Waals surface area contributed by atoms with Gasteiger partial charge >= 0.3 is 0 Å². The molecule has 1 aliphatic heterocycles. The summed E-state index contributed by atoms with van der Waals surface area (Å²) in [7, 11) is -3.62. The minimum absolute atomic E-state index is 0.245. The van der Waals surface area contributed by atoms with Crippen LogP contribution in [0.3, 0.4) is 0 Å². The van der Waals surface area contributed by atoms with Gasteiger partial charge in [0.05, 0.1) is 30.0 Å². The zero-order chi connectivity index (χ0) is 17.9. The van der Waals surface area contributed by atoms with E-state index in [-0.39, 0.29) is 4.90 Å². The monoisotopic (exact) mass is 361 g/mol. The molecule has 0 amide bonds. The maximum absolute atomic E-state index is 12.5. The lowest BCUT2D eigenvalue weighted by Gasteiger charge is -2.27. The van der Waals surface area contributed by atoms with E-state index < -0.39 is 10.0 Å². The topological polar surface area (TPSA) is 71.5 Å². The Morgan fingerprint density at radius 1 is 1.08 bits per heavy atom. The van der Waals surface area contributed by atoms with Crippen molar-refractivity contribution in [3.8, 4) is 0 Å². The number of anilines is 2. The first-order valence-electron chi connectivity index (χ1n) is 8.37. The number of hydrogen-bond acceptors (Lipinski definition) is 5. The third-order valence-corrected chi connectivity index (χ3v) is 5.59. The standard InChI is InChI=1S/C18H23N3O3S/c1-14(2)15-3-6-17(7-4-15)25(22,23)20-16-5-8-18(19-13-16)21-9-11-24-12-10-21/h3-8,13-14,20H,9-12H2,1-2H3. The van der Waals surface area contributed by atoms with Gasteiger partial charge in [0, 0.05) is 13.1 Å². The summed E-state index contributed by atoms with van der Waals surface area (Å²) in [6.07, 6.45) is 1.55. The number of pyridine rings is 1. The first-order valence-corrected chi connectivity index (χ1v) is 9.85. The van der Waals surface area contributed by atoms with Crippen molar-refractivity contribution in [3.05, 3.63) is 48.2 Å². The van der Waals surface area contributed by atoms with Crippen LogP contribution in [0.25, 0.3) is 0 Å². The summed E-state index contributed by atoms with van der Waals surface area (Å²) < 4.78 is 32.9. The van der Waals surface area contributed by atoms with Crippen molar-refractivity contribution in [1.29, 1.82) is 0 Å². The molecule has 1 aliphatic rings. The van der Waals surface area contributed by atoms with Crippen molar-refractivity contribution in [2.24, 2.45) is 0 Å². The quantitative estimate of drug-likeness (QED) is 0.887. The van der Waals surface area contributed by atoms with Gasteiger partial charge in [-0.3, -0.25) is 4.72 Å². The lowest BCUT2D eigenvalue weighted by molar-refractivity contribution is 0.122. The molecule has 1 aromatic carbocycles. The molecule has 0 atom stereocenters. The van der Waals surface area contributed by atoms with Gasteiger partial charge in [0.1, 0.15) is 5.82 Å². The van der Waals surface area contributed by atoms with Gasteiger partial charge in [-0.25, -0.2) is 13.4 Å². The second-order valence-corrected chi connectivity index (χ2v) is 8.02. The van der Waals surface area contributed by atoms with E-state index in [1.807, 2.05) is 18.2 Å². The highest BCUT2D eigenvalue weighted by Crippen LogP contribution is 2.21. The van der Waals surface area contributed by atoms with Crippen molar-refractivity contribution in [2.45, 2.75) is 24.7 Å². The van der Waals surface area contributed by atoms with Gasteiger partial charge < -0.3 is 9.64 Å². The summed E-state index contributed by atoms with van der Waals surface area (Å²) in [4.78, 5) is 6.72. The number of hydrogen-bond donors (Lipinski definition) is 1. The van der Waals surface area contributed by atoms with Crippen molar-refractivity contribution in [3.63, 3.8) is 0 Å². The molecule has 25 heavy (non-hydrogen) atoms. The first kappa shape index (κ1) is 17.7. The lowest BCUT2D eigenvalue weighted by Crippen LogP contribution is -2.36. The fraction of sp³-hybridized carbons (Fsp3) is 0.389. The number of aromatic nitrogens is 1. The van der Waals surface area contributed by atoms with Crippen LogP contribution in [-0.4, -0.2) is 39.7 Å². The molecular formula is C18H23N3O3S. The number of rotatable bonds is 5. The largest absolute Gasteiger partial charge is 0.378 e. The summed E-state index contributed by atoms with van der Waals surface area (Å²) in [5.41, 5.74) is 1.56. The molecule has 1 aromatic heterocycles. The summed E-state index contributed by atoms with van der Waals surface area (Å²) in [5.74, 6) is 1.19. The highest BCUT2D eigenvalue weighted by molar-refractivity contribution is 7.92. The summed E-state index contributed by atoms with van der Waals surface area (Å²) in [6, 6.07) is 10.5. The van der Waals surface area contributed by atoms with Crippen LogP contribution < -0.4 is 9.62 Å². The second kappa shape index (κ2) is 7.41. The van der Waals surface area contributed by atoms with Crippen LogP contribution in [0.4, 0.5) is 11.5 Å².